The highest BCUT2D eigenvalue weighted by Gasteiger charge is 2.19. The van der Waals surface area contributed by atoms with Crippen molar-refractivity contribution in [1.82, 2.24) is 15.0 Å². The fourth-order valence-electron chi connectivity index (χ4n) is 14.1. The van der Waals surface area contributed by atoms with Crippen LogP contribution in [0.5, 0.6) is 0 Å². The summed E-state index contributed by atoms with van der Waals surface area (Å²) in [5.74, 6) is 1.87. The van der Waals surface area contributed by atoms with Crippen LogP contribution in [0.2, 0.25) is 0 Å². The molecule has 1 aromatic heterocycles. The fourth-order valence-corrected chi connectivity index (χ4v) is 14.1. The molecule has 0 radical (unpaired) electrons. The molecule has 18 rings (SSSR count). The molecule has 0 saturated carbocycles. The fraction of sp³-hybridized carbons (Fsp3) is 0. The molecule has 18 aromatic rings. The SMILES string of the molecule is c1ccc(-c2nc(-c3ccccc3)nc(-c3cccc(-c4cccc(-c5cc(-c6cc(-c7ccc8ccccc8c7)cc7cc(-c8ccc9ccccc9c8)ccc67)cc(-c6cc(-c7ccc8ccccc8c7)cc7cc(-c8ccc9ccccc9c8)ccc67)c5)c4)c3)n2)cc1. The first kappa shape index (κ1) is 56.1. The van der Waals surface area contributed by atoms with E-state index in [9.17, 15) is 0 Å². The van der Waals surface area contributed by atoms with Gasteiger partial charge in [0.2, 0.25) is 0 Å². The number of aromatic nitrogens is 3. The van der Waals surface area contributed by atoms with Gasteiger partial charge in [-0.1, -0.05) is 267 Å². The van der Waals surface area contributed by atoms with Gasteiger partial charge in [-0.15, -0.1) is 0 Å². The van der Waals surface area contributed by atoms with Crippen LogP contribution in [0.15, 0.2) is 358 Å². The molecule has 3 nitrogen and oxygen atoms in total. The summed E-state index contributed by atoms with van der Waals surface area (Å²) in [6.45, 7) is 0. The highest BCUT2D eigenvalue weighted by atomic mass is 15.0. The van der Waals surface area contributed by atoms with E-state index in [0.29, 0.717) is 17.5 Å². The second kappa shape index (κ2) is 23.8. The zero-order valence-corrected chi connectivity index (χ0v) is 52.4. The molecule has 0 bridgehead atoms. The van der Waals surface area contributed by atoms with Gasteiger partial charge >= 0.3 is 0 Å². The molecular formula is C93H59N3. The van der Waals surface area contributed by atoms with Crippen molar-refractivity contribution in [2.24, 2.45) is 0 Å². The van der Waals surface area contributed by atoms with Crippen molar-refractivity contribution in [3.63, 3.8) is 0 Å². The van der Waals surface area contributed by atoms with Gasteiger partial charge in [-0.25, -0.2) is 15.0 Å². The molecule has 0 fully saturated rings. The lowest BCUT2D eigenvalue weighted by Gasteiger charge is -2.18. The molecule has 0 N–H and O–H groups in total. The maximum absolute atomic E-state index is 5.14. The molecule has 17 aromatic carbocycles. The van der Waals surface area contributed by atoms with Crippen molar-refractivity contribution >= 4 is 64.6 Å². The Labute approximate surface area is 557 Å². The van der Waals surface area contributed by atoms with Gasteiger partial charge in [0, 0.05) is 16.7 Å². The van der Waals surface area contributed by atoms with E-state index in [1.807, 2.05) is 36.4 Å². The largest absolute Gasteiger partial charge is 0.208 e. The molecule has 0 saturated heterocycles. The minimum absolute atomic E-state index is 0.614. The maximum Gasteiger partial charge on any atom is 0.164 e. The lowest BCUT2D eigenvalue weighted by Crippen LogP contribution is -2.00. The summed E-state index contributed by atoms with van der Waals surface area (Å²) in [5.41, 5.74) is 21.0. The van der Waals surface area contributed by atoms with Crippen molar-refractivity contribution in [3.8, 4) is 123 Å². The van der Waals surface area contributed by atoms with Crippen molar-refractivity contribution in [1.29, 1.82) is 0 Å². The van der Waals surface area contributed by atoms with E-state index in [4.69, 9.17) is 15.0 Å². The summed E-state index contributed by atoms with van der Waals surface area (Å²) in [6, 6.07) is 131. The summed E-state index contributed by atoms with van der Waals surface area (Å²) in [7, 11) is 0. The van der Waals surface area contributed by atoms with Gasteiger partial charge in [0.15, 0.2) is 17.5 Å². The smallest absolute Gasteiger partial charge is 0.164 e. The van der Waals surface area contributed by atoms with Crippen LogP contribution in [0.25, 0.3) is 188 Å². The summed E-state index contributed by atoms with van der Waals surface area (Å²) < 4.78 is 0. The van der Waals surface area contributed by atoms with Crippen LogP contribution in [0, 0.1) is 0 Å². The predicted octanol–water partition coefficient (Wildman–Crippen LogP) is 25.1. The van der Waals surface area contributed by atoms with Gasteiger partial charge in [0.25, 0.3) is 0 Å². The highest BCUT2D eigenvalue weighted by molar-refractivity contribution is 6.07. The number of hydrogen-bond donors (Lipinski definition) is 0. The molecule has 0 aliphatic rings. The van der Waals surface area contributed by atoms with E-state index < -0.39 is 0 Å². The van der Waals surface area contributed by atoms with Crippen LogP contribution in [-0.2, 0) is 0 Å². The van der Waals surface area contributed by atoms with Gasteiger partial charge in [-0.3, -0.25) is 0 Å². The zero-order valence-electron chi connectivity index (χ0n) is 52.4. The maximum atomic E-state index is 5.14. The Morgan fingerprint density at radius 2 is 0.365 bits per heavy atom. The van der Waals surface area contributed by atoms with Crippen LogP contribution >= 0.6 is 0 Å². The first-order valence-corrected chi connectivity index (χ1v) is 32.8. The molecule has 0 atom stereocenters. The van der Waals surface area contributed by atoms with Crippen molar-refractivity contribution in [2.75, 3.05) is 0 Å². The molecule has 96 heavy (non-hydrogen) atoms. The lowest BCUT2D eigenvalue weighted by molar-refractivity contribution is 1.07. The lowest BCUT2D eigenvalue weighted by atomic mass is 9.86. The Morgan fingerprint density at radius 1 is 0.125 bits per heavy atom. The predicted molar refractivity (Wildman–Crippen MR) is 405 cm³/mol. The first-order chi connectivity index (χ1) is 47.5. The second-order valence-electron chi connectivity index (χ2n) is 25.2. The standard InChI is InChI=1S/C93H59N3/c1-3-21-64(22-4-1)91-94-92(65-23-5-2-6-24-65)96-93(95-91)79-32-16-30-71(50-79)70-29-15-31-72(49-70)80-53-85(89-58-81(77-39-35-62-19-9-13-27-68(62)47-77)55-83-51-75(41-43-87(83)89)73-37-33-60-17-7-11-25-66(60)45-73)57-86(54-80)90-59-82(78-40-36-63-20-10-14-28-69(63)48-78)56-84-52-76(42-44-88(84)90)74-38-34-61-18-8-12-26-67(61)46-74/h1-59H. The molecule has 3 heteroatoms. The molecule has 0 unspecified atom stereocenters. The van der Waals surface area contributed by atoms with E-state index in [0.717, 1.165) is 72.3 Å². The minimum atomic E-state index is 0.614. The van der Waals surface area contributed by atoms with Crippen LogP contribution < -0.4 is 0 Å². The first-order valence-electron chi connectivity index (χ1n) is 32.8. The van der Waals surface area contributed by atoms with E-state index in [2.05, 4.69) is 322 Å². The Hall–Kier alpha value is -12.7. The molecule has 0 aliphatic heterocycles. The molecule has 1 heterocycles. The number of hydrogen-bond acceptors (Lipinski definition) is 3. The molecular weight excluding hydrogens is 1160 g/mol. The minimum Gasteiger partial charge on any atom is -0.208 e. The van der Waals surface area contributed by atoms with E-state index in [1.165, 1.54) is 98.0 Å². The second-order valence-corrected chi connectivity index (χ2v) is 25.2. The third-order valence-electron chi connectivity index (χ3n) is 19.1. The molecule has 446 valence electrons. The summed E-state index contributed by atoms with van der Waals surface area (Å²) in [4.78, 5) is 15.3. The highest BCUT2D eigenvalue weighted by Crippen LogP contribution is 2.45. The average Bonchev–Trinajstić information content (AvgIpc) is 0.775. The van der Waals surface area contributed by atoms with Crippen LogP contribution in [0.4, 0.5) is 0 Å². The van der Waals surface area contributed by atoms with Crippen molar-refractivity contribution in [3.05, 3.63) is 358 Å². The van der Waals surface area contributed by atoms with Gasteiger partial charge in [0.05, 0.1) is 0 Å². The van der Waals surface area contributed by atoms with Gasteiger partial charge in [-0.05, 0) is 245 Å². The average molecular weight is 1220 g/mol. The van der Waals surface area contributed by atoms with E-state index in [-0.39, 0.29) is 0 Å². The molecule has 0 aliphatic carbocycles. The van der Waals surface area contributed by atoms with E-state index >= 15 is 0 Å². The van der Waals surface area contributed by atoms with Crippen molar-refractivity contribution in [2.45, 2.75) is 0 Å². The number of benzene rings is 17. The quantitative estimate of drug-likeness (QED) is 0.130. The Morgan fingerprint density at radius 3 is 0.760 bits per heavy atom. The van der Waals surface area contributed by atoms with Crippen LogP contribution in [-0.4, -0.2) is 15.0 Å². The molecule has 0 spiro atoms. The third kappa shape index (κ3) is 10.7. The van der Waals surface area contributed by atoms with Crippen LogP contribution in [0.1, 0.15) is 0 Å². The number of rotatable bonds is 11. The number of fused-ring (bicyclic) bond motifs is 6. The van der Waals surface area contributed by atoms with Crippen molar-refractivity contribution < 1.29 is 0 Å². The normalized spacial score (nSPS) is 11.5. The summed E-state index contributed by atoms with van der Waals surface area (Å²) in [6.07, 6.45) is 0. The zero-order chi connectivity index (χ0) is 63.5. The molecule has 0 amide bonds. The number of nitrogens with zero attached hydrogens (tertiary/aromatic N) is 3. The monoisotopic (exact) mass is 1220 g/mol. The Bertz CT molecular complexity index is 5760. The summed E-state index contributed by atoms with van der Waals surface area (Å²) >= 11 is 0. The van der Waals surface area contributed by atoms with Gasteiger partial charge < -0.3 is 0 Å². The van der Waals surface area contributed by atoms with Crippen LogP contribution in [0.3, 0.4) is 0 Å². The summed E-state index contributed by atoms with van der Waals surface area (Å²) in [5, 5.41) is 14.5. The Kier molecular flexibility index (Phi) is 13.9. The van der Waals surface area contributed by atoms with E-state index in [1.54, 1.807) is 0 Å². The van der Waals surface area contributed by atoms with Gasteiger partial charge in [0.1, 0.15) is 0 Å². The Balaban J connectivity index is 0.850. The van der Waals surface area contributed by atoms with Gasteiger partial charge in [-0.2, -0.15) is 0 Å². The topological polar surface area (TPSA) is 38.7 Å². The third-order valence-corrected chi connectivity index (χ3v) is 19.1.